The van der Waals surface area contributed by atoms with Crippen LogP contribution in [0.5, 0.6) is 0 Å². The minimum absolute atomic E-state index is 0.0232. The Hall–Kier alpha value is -1.35. The van der Waals surface area contributed by atoms with E-state index in [4.69, 9.17) is 5.11 Å². The lowest BCUT2D eigenvalue weighted by molar-refractivity contribution is 0.281. The topological polar surface area (TPSA) is 79.3 Å². The molecule has 0 atom stereocenters. The number of aliphatic hydroxyl groups excluding tert-OH is 1. The maximum absolute atomic E-state index is 13.7. The highest BCUT2D eigenvalue weighted by molar-refractivity contribution is 7.89. The first-order valence-electron chi connectivity index (χ1n) is 6.14. The number of nitrogens with one attached hydrogen (secondary N) is 1. The van der Waals surface area contributed by atoms with Gasteiger partial charge in [0.1, 0.15) is 10.8 Å². The summed E-state index contributed by atoms with van der Waals surface area (Å²) in [7, 11) is -3.87. The van der Waals surface area contributed by atoms with Crippen molar-refractivity contribution in [1.82, 2.24) is 9.71 Å². The van der Waals surface area contributed by atoms with Gasteiger partial charge in [-0.2, -0.15) is 0 Å². The second-order valence-corrected chi connectivity index (χ2v) is 7.60. The summed E-state index contributed by atoms with van der Waals surface area (Å²) in [6.07, 6.45) is 1.66. The van der Waals surface area contributed by atoms with Crippen molar-refractivity contribution in [1.29, 1.82) is 0 Å². The van der Waals surface area contributed by atoms with Gasteiger partial charge in [0, 0.05) is 16.6 Å². The molecule has 0 spiro atoms. The molecule has 0 aliphatic carbocycles. The summed E-state index contributed by atoms with van der Waals surface area (Å²) < 4.78 is 40.6. The molecule has 114 valence electrons. The fourth-order valence-corrected chi connectivity index (χ4v) is 3.90. The molecule has 1 aromatic heterocycles. The van der Waals surface area contributed by atoms with E-state index < -0.39 is 22.4 Å². The second kappa shape index (κ2) is 6.18. The van der Waals surface area contributed by atoms with E-state index in [2.05, 4.69) is 9.71 Å². The molecule has 2 rings (SSSR count). The van der Waals surface area contributed by atoms with Crippen LogP contribution in [0.4, 0.5) is 4.39 Å². The molecule has 0 bridgehead atoms. The standard InChI is InChI=1S/C13H15FN2O3S2/c1-8-5-15-13(20-8)6-16-21(18,19)12-4-10(7-17)3-11(14)9(12)2/h3-5,16-17H,6-7H2,1-2H3. The minimum atomic E-state index is -3.87. The number of benzene rings is 1. The van der Waals surface area contributed by atoms with Crippen LogP contribution in [0.2, 0.25) is 0 Å². The molecule has 1 aromatic carbocycles. The number of rotatable bonds is 5. The van der Waals surface area contributed by atoms with Gasteiger partial charge in [0.2, 0.25) is 10.0 Å². The fourth-order valence-electron chi connectivity index (χ4n) is 1.80. The maximum atomic E-state index is 13.7. The van der Waals surface area contributed by atoms with E-state index >= 15 is 0 Å². The molecule has 0 radical (unpaired) electrons. The number of halogens is 1. The predicted molar refractivity (Wildman–Crippen MR) is 77.9 cm³/mol. The Morgan fingerprint density at radius 2 is 2.10 bits per heavy atom. The van der Waals surface area contributed by atoms with Crippen LogP contribution < -0.4 is 4.72 Å². The summed E-state index contributed by atoms with van der Waals surface area (Å²) in [6, 6.07) is 2.40. The number of nitrogens with zero attached hydrogens (tertiary/aromatic N) is 1. The van der Waals surface area contributed by atoms with Crippen LogP contribution >= 0.6 is 11.3 Å². The van der Waals surface area contributed by atoms with Gasteiger partial charge in [0.05, 0.1) is 18.0 Å². The zero-order valence-electron chi connectivity index (χ0n) is 11.6. The first kappa shape index (κ1) is 16.0. The Labute approximate surface area is 126 Å². The van der Waals surface area contributed by atoms with E-state index in [1.807, 2.05) is 6.92 Å². The van der Waals surface area contributed by atoms with Crippen molar-refractivity contribution in [3.8, 4) is 0 Å². The van der Waals surface area contributed by atoms with Crippen LogP contribution in [-0.2, 0) is 23.2 Å². The molecule has 1 heterocycles. The molecule has 0 unspecified atom stereocenters. The van der Waals surface area contributed by atoms with Gasteiger partial charge in [-0.3, -0.25) is 0 Å². The van der Waals surface area contributed by atoms with Gasteiger partial charge in [-0.25, -0.2) is 22.5 Å². The molecule has 0 fully saturated rings. The summed E-state index contributed by atoms with van der Waals surface area (Å²) >= 11 is 1.39. The molecule has 0 saturated carbocycles. The molecular formula is C13H15FN2O3S2. The van der Waals surface area contributed by atoms with Crippen molar-refractivity contribution in [2.24, 2.45) is 0 Å². The molecule has 0 aliphatic heterocycles. The average Bonchev–Trinajstić information content (AvgIpc) is 2.85. The van der Waals surface area contributed by atoms with Crippen molar-refractivity contribution in [3.63, 3.8) is 0 Å². The molecule has 8 heteroatoms. The second-order valence-electron chi connectivity index (χ2n) is 4.55. The number of aliphatic hydroxyl groups is 1. The van der Waals surface area contributed by atoms with E-state index in [9.17, 15) is 12.8 Å². The first-order valence-corrected chi connectivity index (χ1v) is 8.44. The Morgan fingerprint density at radius 1 is 1.38 bits per heavy atom. The highest BCUT2D eigenvalue weighted by Gasteiger charge is 2.20. The monoisotopic (exact) mass is 330 g/mol. The van der Waals surface area contributed by atoms with Crippen LogP contribution in [0.15, 0.2) is 23.2 Å². The van der Waals surface area contributed by atoms with Gasteiger partial charge in [-0.1, -0.05) is 0 Å². The van der Waals surface area contributed by atoms with Crippen molar-refractivity contribution < 1.29 is 17.9 Å². The van der Waals surface area contributed by atoms with Gasteiger partial charge in [-0.05, 0) is 31.5 Å². The Bertz CT molecular complexity index is 757. The maximum Gasteiger partial charge on any atom is 0.241 e. The minimum Gasteiger partial charge on any atom is -0.392 e. The summed E-state index contributed by atoms with van der Waals surface area (Å²) in [5.74, 6) is -0.660. The number of thiazole rings is 1. The van der Waals surface area contributed by atoms with Gasteiger partial charge in [0.25, 0.3) is 0 Å². The summed E-state index contributed by atoms with van der Waals surface area (Å²) in [5, 5.41) is 9.70. The van der Waals surface area contributed by atoms with E-state index in [1.165, 1.54) is 24.3 Å². The lowest BCUT2D eigenvalue weighted by Gasteiger charge is -2.10. The van der Waals surface area contributed by atoms with Crippen molar-refractivity contribution >= 4 is 21.4 Å². The number of hydrogen-bond acceptors (Lipinski definition) is 5. The third kappa shape index (κ3) is 3.65. The lowest BCUT2D eigenvalue weighted by Crippen LogP contribution is -2.24. The lowest BCUT2D eigenvalue weighted by atomic mass is 10.1. The van der Waals surface area contributed by atoms with E-state index in [-0.39, 0.29) is 22.6 Å². The highest BCUT2D eigenvalue weighted by Crippen LogP contribution is 2.21. The normalized spacial score (nSPS) is 11.8. The van der Waals surface area contributed by atoms with E-state index in [0.717, 1.165) is 10.9 Å². The largest absolute Gasteiger partial charge is 0.392 e. The molecular weight excluding hydrogens is 315 g/mol. The van der Waals surface area contributed by atoms with Gasteiger partial charge in [-0.15, -0.1) is 11.3 Å². The zero-order valence-corrected chi connectivity index (χ0v) is 13.2. The molecule has 21 heavy (non-hydrogen) atoms. The van der Waals surface area contributed by atoms with Gasteiger partial charge < -0.3 is 5.11 Å². The van der Waals surface area contributed by atoms with E-state index in [1.54, 1.807) is 6.20 Å². The first-order chi connectivity index (χ1) is 9.83. The number of aryl methyl sites for hydroxylation is 1. The van der Waals surface area contributed by atoms with Crippen LogP contribution in [0.25, 0.3) is 0 Å². The average molecular weight is 330 g/mol. The van der Waals surface area contributed by atoms with Crippen LogP contribution in [0, 0.1) is 19.7 Å². The Kier molecular flexibility index (Phi) is 4.72. The number of aromatic nitrogens is 1. The molecule has 0 aliphatic rings. The third-order valence-corrected chi connectivity index (χ3v) is 5.35. The molecule has 2 aromatic rings. The van der Waals surface area contributed by atoms with Crippen LogP contribution in [0.3, 0.4) is 0 Å². The van der Waals surface area contributed by atoms with Crippen molar-refractivity contribution in [3.05, 3.63) is 45.2 Å². The highest BCUT2D eigenvalue weighted by atomic mass is 32.2. The van der Waals surface area contributed by atoms with Crippen LogP contribution in [0.1, 0.15) is 21.0 Å². The smallest absolute Gasteiger partial charge is 0.241 e. The molecule has 0 saturated heterocycles. The van der Waals surface area contributed by atoms with Gasteiger partial charge >= 0.3 is 0 Å². The molecule has 0 amide bonds. The molecule has 5 nitrogen and oxygen atoms in total. The Balaban J connectivity index is 2.29. The van der Waals surface area contributed by atoms with Crippen molar-refractivity contribution in [2.75, 3.05) is 0 Å². The quantitative estimate of drug-likeness (QED) is 0.877. The number of sulfonamides is 1. The zero-order chi connectivity index (χ0) is 15.6. The SMILES string of the molecule is Cc1cnc(CNS(=O)(=O)c2cc(CO)cc(F)c2C)s1. The summed E-state index contributed by atoms with van der Waals surface area (Å²) in [6.45, 7) is 2.88. The van der Waals surface area contributed by atoms with Crippen LogP contribution in [-0.4, -0.2) is 18.5 Å². The summed E-state index contributed by atoms with van der Waals surface area (Å²) in [5.41, 5.74) is 0.235. The number of hydrogen-bond donors (Lipinski definition) is 2. The fraction of sp³-hybridized carbons (Fsp3) is 0.308. The molecule has 2 N–H and O–H groups in total. The van der Waals surface area contributed by atoms with Crippen molar-refractivity contribution in [2.45, 2.75) is 31.9 Å². The third-order valence-electron chi connectivity index (χ3n) is 2.91. The predicted octanol–water partition coefficient (Wildman–Crippen LogP) is 1.87. The van der Waals surface area contributed by atoms with Gasteiger partial charge in [0.15, 0.2) is 0 Å². The Morgan fingerprint density at radius 3 is 2.67 bits per heavy atom. The van der Waals surface area contributed by atoms with E-state index in [0.29, 0.717) is 5.01 Å². The summed E-state index contributed by atoms with van der Waals surface area (Å²) in [4.78, 5) is 4.88.